The molecule has 27 heavy (non-hydrogen) atoms. The van der Waals surface area contributed by atoms with Crippen molar-refractivity contribution in [1.82, 2.24) is 0 Å². The van der Waals surface area contributed by atoms with Gasteiger partial charge in [0, 0.05) is 0 Å². The van der Waals surface area contributed by atoms with Crippen LogP contribution in [-0.4, -0.2) is 13.1 Å². The minimum absolute atomic E-state index is 0.319. The van der Waals surface area contributed by atoms with E-state index in [9.17, 15) is 4.79 Å². The molecule has 3 aromatic carbocycles. The van der Waals surface area contributed by atoms with Crippen molar-refractivity contribution >= 4 is 12.0 Å². The Bertz CT molecular complexity index is 896. The van der Waals surface area contributed by atoms with Gasteiger partial charge in [0.15, 0.2) is 0 Å². The van der Waals surface area contributed by atoms with Gasteiger partial charge in [-0.15, -0.1) is 0 Å². The summed E-state index contributed by atoms with van der Waals surface area (Å²) in [6.07, 6.45) is 5.97. The average Bonchev–Trinajstić information content (AvgIpc) is 2.73. The lowest BCUT2D eigenvalue weighted by atomic mass is 10.1. The topological polar surface area (TPSA) is 35.5 Å². The number of para-hydroxylation sites is 2. The van der Waals surface area contributed by atoms with E-state index in [0.29, 0.717) is 5.56 Å². The largest absolute Gasteiger partial charge is 0.465 e. The van der Waals surface area contributed by atoms with Crippen LogP contribution in [0.3, 0.4) is 0 Å². The first-order valence-corrected chi connectivity index (χ1v) is 8.92. The number of esters is 1. The lowest BCUT2D eigenvalue weighted by Gasteiger charge is -2.10. The zero-order valence-corrected chi connectivity index (χ0v) is 15.3. The number of carbonyl (C=O) groups is 1. The zero-order chi connectivity index (χ0) is 18.9. The number of rotatable bonds is 7. The zero-order valence-electron chi connectivity index (χ0n) is 15.3. The first-order chi connectivity index (χ1) is 13.3. The van der Waals surface area contributed by atoms with Crippen LogP contribution < -0.4 is 4.74 Å². The van der Waals surface area contributed by atoms with Crippen molar-refractivity contribution in [1.29, 1.82) is 0 Å². The van der Waals surface area contributed by atoms with E-state index in [0.717, 1.165) is 29.9 Å². The Morgan fingerprint density at radius 2 is 1.59 bits per heavy atom. The predicted octanol–water partition coefficient (Wildman–Crippen LogP) is 5.91. The second-order valence-corrected chi connectivity index (χ2v) is 6.08. The molecule has 0 radical (unpaired) electrons. The van der Waals surface area contributed by atoms with Gasteiger partial charge in [-0.1, -0.05) is 60.7 Å². The van der Waals surface area contributed by atoms with Crippen LogP contribution in [0.15, 0.2) is 84.9 Å². The van der Waals surface area contributed by atoms with Crippen LogP contribution in [0.5, 0.6) is 11.5 Å². The van der Waals surface area contributed by atoms with Gasteiger partial charge in [-0.05, 0) is 54.3 Å². The van der Waals surface area contributed by atoms with Gasteiger partial charge in [0.05, 0.1) is 12.7 Å². The summed E-state index contributed by atoms with van der Waals surface area (Å²) in [6, 6.07) is 25.3. The standard InChI is InChI=1S/C24H22O3/c1-26-24(25)21-17-15-19(16-18-21)9-5-6-10-20-11-7-8-14-23(20)27-22-12-3-2-4-13-22/h2-5,7-9,11-18H,6,10H2,1H3/b9-5+. The highest BCUT2D eigenvalue weighted by molar-refractivity contribution is 5.89. The molecule has 0 aromatic heterocycles. The summed E-state index contributed by atoms with van der Waals surface area (Å²) in [4.78, 5) is 11.5. The maximum atomic E-state index is 11.5. The predicted molar refractivity (Wildman–Crippen MR) is 108 cm³/mol. The summed E-state index contributed by atoms with van der Waals surface area (Å²) in [7, 11) is 1.38. The van der Waals surface area contributed by atoms with Crippen LogP contribution in [0, 0.1) is 0 Å². The lowest BCUT2D eigenvalue weighted by Crippen LogP contribution is -2.00. The van der Waals surface area contributed by atoms with Crippen molar-refractivity contribution in [2.45, 2.75) is 12.8 Å². The van der Waals surface area contributed by atoms with Crippen LogP contribution in [0.2, 0.25) is 0 Å². The van der Waals surface area contributed by atoms with Gasteiger partial charge in [-0.25, -0.2) is 4.79 Å². The van der Waals surface area contributed by atoms with Crippen molar-refractivity contribution in [2.75, 3.05) is 7.11 Å². The number of benzene rings is 3. The third-order valence-electron chi connectivity index (χ3n) is 4.17. The number of allylic oxidation sites excluding steroid dienone is 1. The van der Waals surface area contributed by atoms with Crippen LogP contribution in [0.25, 0.3) is 6.08 Å². The second kappa shape index (κ2) is 9.39. The number of methoxy groups -OCH3 is 1. The van der Waals surface area contributed by atoms with Crippen molar-refractivity contribution in [3.8, 4) is 11.5 Å². The summed E-state index contributed by atoms with van der Waals surface area (Å²) in [6.45, 7) is 0. The van der Waals surface area contributed by atoms with E-state index in [-0.39, 0.29) is 5.97 Å². The minimum atomic E-state index is -0.319. The molecule has 0 heterocycles. The quantitative estimate of drug-likeness (QED) is 0.492. The number of hydrogen-bond acceptors (Lipinski definition) is 3. The summed E-state index contributed by atoms with van der Waals surface area (Å²) in [5, 5.41) is 0. The molecule has 3 nitrogen and oxygen atoms in total. The maximum Gasteiger partial charge on any atom is 0.337 e. The Balaban J connectivity index is 1.59. The molecule has 0 unspecified atom stereocenters. The first-order valence-electron chi connectivity index (χ1n) is 8.92. The van der Waals surface area contributed by atoms with Crippen molar-refractivity contribution in [3.63, 3.8) is 0 Å². The lowest BCUT2D eigenvalue weighted by molar-refractivity contribution is 0.0600. The molecule has 136 valence electrons. The molecule has 3 heteroatoms. The van der Waals surface area contributed by atoms with Gasteiger partial charge >= 0.3 is 5.97 Å². The van der Waals surface area contributed by atoms with Crippen LogP contribution in [-0.2, 0) is 11.2 Å². The van der Waals surface area contributed by atoms with Crippen LogP contribution >= 0.6 is 0 Å². The van der Waals surface area contributed by atoms with Gasteiger partial charge in [-0.2, -0.15) is 0 Å². The third-order valence-corrected chi connectivity index (χ3v) is 4.17. The summed E-state index contributed by atoms with van der Waals surface area (Å²) < 4.78 is 10.7. The first kappa shape index (κ1) is 18.5. The molecule has 0 saturated carbocycles. The molecule has 0 fully saturated rings. The van der Waals surface area contributed by atoms with E-state index in [1.807, 2.05) is 60.7 Å². The number of hydrogen-bond donors (Lipinski definition) is 0. The Labute approximate surface area is 159 Å². The highest BCUT2D eigenvalue weighted by atomic mass is 16.5. The van der Waals surface area contributed by atoms with Crippen LogP contribution in [0.1, 0.15) is 27.9 Å². The van der Waals surface area contributed by atoms with Gasteiger partial charge in [0.2, 0.25) is 0 Å². The molecular formula is C24H22O3. The van der Waals surface area contributed by atoms with Crippen molar-refractivity contribution < 1.29 is 14.3 Å². The van der Waals surface area contributed by atoms with Gasteiger partial charge in [-0.3, -0.25) is 0 Å². The number of ether oxygens (including phenoxy) is 2. The molecule has 0 saturated heterocycles. The Morgan fingerprint density at radius 1 is 0.889 bits per heavy atom. The molecule has 0 N–H and O–H groups in total. The van der Waals surface area contributed by atoms with Gasteiger partial charge < -0.3 is 9.47 Å². The van der Waals surface area contributed by atoms with Crippen LogP contribution in [0.4, 0.5) is 0 Å². The molecule has 0 spiro atoms. The minimum Gasteiger partial charge on any atom is -0.465 e. The number of aryl methyl sites for hydroxylation is 1. The van der Waals surface area contributed by atoms with E-state index in [1.165, 1.54) is 12.7 Å². The summed E-state index contributed by atoms with van der Waals surface area (Å²) in [5.41, 5.74) is 2.78. The van der Waals surface area contributed by atoms with E-state index < -0.39 is 0 Å². The molecule has 0 atom stereocenters. The molecule has 0 aliphatic rings. The second-order valence-electron chi connectivity index (χ2n) is 6.08. The molecule has 3 rings (SSSR count). The highest BCUT2D eigenvalue weighted by Crippen LogP contribution is 2.26. The molecule has 0 aliphatic carbocycles. The van der Waals surface area contributed by atoms with Gasteiger partial charge in [0.25, 0.3) is 0 Å². The average molecular weight is 358 g/mol. The molecular weight excluding hydrogens is 336 g/mol. The number of carbonyl (C=O) groups excluding carboxylic acids is 1. The molecule has 0 aliphatic heterocycles. The summed E-state index contributed by atoms with van der Waals surface area (Å²) in [5.74, 6) is 1.41. The maximum absolute atomic E-state index is 11.5. The highest BCUT2D eigenvalue weighted by Gasteiger charge is 2.04. The van der Waals surface area contributed by atoms with E-state index in [2.05, 4.69) is 18.2 Å². The van der Waals surface area contributed by atoms with E-state index in [1.54, 1.807) is 12.1 Å². The monoisotopic (exact) mass is 358 g/mol. The Morgan fingerprint density at radius 3 is 2.33 bits per heavy atom. The Hall–Kier alpha value is -3.33. The Kier molecular flexibility index (Phi) is 6.42. The SMILES string of the molecule is COC(=O)c1ccc(/C=C/CCc2ccccc2Oc2ccccc2)cc1. The smallest absolute Gasteiger partial charge is 0.337 e. The third kappa shape index (κ3) is 5.32. The van der Waals surface area contributed by atoms with Crippen molar-refractivity contribution in [2.24, 2.45) is 0 Å². The normalized spacial score (nSPS) is 10.7. The van der Waals surface area contributed by atoms with E-state index >= 15 is 0 Å². The van der Waals surface area contributed by atoms with E-state index in [4.69, 9.17) is 9.47 Å². The van der Waals surface area contributed by atoms with Crippen molar-refractivity contribution in [3.05, 3.63) is 102 Å². The fourth-order valence-corrected chi connectivity index (χ4v) is 2.73. The summed E-state index contributed by atoms with van der Waals surface area (Å²) >= 11 is 0. The fourth-order valence-electron chi connectivity index (χ4n) is 2.73. The fraction of sp³-hybridized carbons (Fsp3) is 0.125. The molecule has 0 amide bonds. The van der Waals surface area contributed by atoms with Gasteiger partial charge in [0.1, 0.15) is 11.5 Å². The molecule has 3 aromatic rings. The molecule has 0 bridgehead atoms.